The molecule has 1 aromatic carbocycles. The smallest absolute Gasteiger partial charge is 0.230 e. The molecule has 0 saturated heterocycles. The number of hydrogen-bond donors (Lipinski definition) is 0. The zero-order valence-corrected chi connectivity index (χ0v) is 11.6. The summed E-state index contributed by atoms with van der Waals surface area (Å²) in [4.78, 5) is 25.0. The Morgan fingerprint density at radius 2 is 1.43 bits per heavy atom. The lowest BCUT2D eigenvalue weighted by atomic mass is 9.69. The van der Waals surface area contributed by atoms with E-state index >= 15 is 0 Å². The van der Waals surface area contributed by atoms with E-state index in [1.54, 1.807) is 36.4 Å². The quantitative estimate of drug-likeness (QED) is 0.602. The van der Waals surface area contributed by atoms with Crippen molar-refractivity contribution in [3.05, 3.63) is 58.7 Å². The zero-order valence-electron chi connectivity index (χ0n) is 11.6. The number of rotatable bonds is 2. The SMILES string of the molecule is N#C/C=C(\C#N)C1(/C(C#N)=C/C#N)C(=O)C(=O)c2ccccc21. The molecule has 0 radical (unpaired) electrons. The molecule has 1 aromatic rings. The highest BCUT2D eigenvalue weighted by Gasteiger charge is 2.57. The Bertz CT molecular complexity index is 914. The van der Waals surface area contributed by atoms with E-state index in [0.29, 0.717) is 0 Å². The van der Waals surface area contributed by atoms with Crippen molar-refractivity contribution in [1.29, 1.82) is 21.0 Å². The first kappa shape index (κ1) is 15.4. The predicted molar refractivity (Wildman–Crippen MR) is 76.1 cm³/mol. The molecule has 106 valence electrons. The Labute approximate surface area is 131 Å². The van der Waals surface area contributed by atoms with Gasteiger partial charge in [0.05, 0.1) is 35.4 Å². The van der Waals surface area contributed by atoms with Gasteiger partial charge in [-0.1, -0.05) is 24.3 Å². The molecule has 0 spiro atoms. The van der Waals surface area contributed by atoms with Gasteiger partial charge in [0.15, 0.2) is 0 Å². The number of fused-ring (bicyclic) bond motifs is 1. The predicted octanol–water partition coefficient (Wildman–Crippen LogP) is 1.64. The highest BCUT2D eigenvalue weighted by atomic mass is 16.2. The topological polar surface area (TPSA) is 129 Å². The molecule has 2 rings (SSSR count). The molecule has 1 aliphatic carbocycles. The molecular formula is C17H6N4O2. The van der Waals surface area contributed by atoms with Crippen molar-refractivity contribution in [2.45, 2.75) is 5.41 Å². The second kappa shape index (κ2) is 5.78. The van der Waals surface area contributed by atoms with E-state index in [0.717, 1.165) is 12.2 Å². The van der Waals surface area contributed by atoms with Gasteiger partial charge in [-0.3, -0.25) is 9.59 Å². The monoisotopic (exact) mass is 298 g/mol. The first-order valence-electron chi connectivity index (χ1n) is 6.28. The van der Waals surface area contributed by atoms with E-state index in [2.05, 4.69) is 0 Å². The summed E-state index contributed by atoms with van der Waals surface area (Å²) in [6.45, 7) is 0. The van der Waals surface area contributed by atoms with Crippen LogP contribution in [0.25, 0.3) is 0 Å². The molecule has 0 unspecified atom stereocenters. The van der Waals surface area contributed by atoms with Crippen LogP contribution in [0.2, 0.25) is 0 Å². The maximum Gasteiger partial charge on any atom is 0.230 e. The van der Waals surface area contributed by atoms with Crippen molar-refractivity contribution >= 4 is 11.6 Å². The molecule has 0 aliphatic heterocycles. The summed E-state index contributed by atoms with van der Waals surface area (Å²) in [5, 5.41) is 36.5. The van der Waals surface area contributed by atoms with Gasteiger partial charge in [-0.2, -0.15) is 21.0 Å². The van der Waals surface area contributed by atoms with Crippen LogP contribution in [0.3, 0.4) is 0 Å². The van der Waals surface area contributed by atoms with Crippen molar-refractivity contribution in [2.75, 3.05) is 0 Å². The molecule has 0 bridgehead atoms. The maximum atomic E-state index is 12.7. The van der Waals surface area contributed by atoms with Crippen LogP contribution in [-0.2, 0) is 10.2 Å². The summed E-state index contributed by atoms with van der Waals surface area (Å²) < 4.78 is 0. The van der Waals surface area contributed by atoms with Crippen LogP contribution in [0.15, 0.2) is 47.6 Å². The third-order valence-corrected chi connectivity index (χ3v) is 3.59. The van der Waals surface area contributed by atoms with Crippen LogP contribution in [0.5, 0.6) is 0 Å². The lowest BCUT2D eigenvalue weighted by Gasteiger charge is -2.25. The van der Waals surface area contributed by atoms with Crippen LogP contribution >= 0.6 is 0 Å². The molecule has 0 heterocycles. The maximum absolute atomic E-state index is 12.7. The molecule has 6 nitrogen and oxygen atoms in total. The Kier molecular flexibility index (Phi) is 3.87. The number of nitriles is 4. The number of carbonyl (C=O) groups excluding carboxylic acids is 2. The van der Waals surface area contributed by atoms with Gasteiger partial charge in [0.1, 0.15) is 5.41 Å². The van der Waals surface area contributed by atoms with E-state index < -0.39 is 17.0 Å². The minimum absolute atomic E-state index is 0.0516. The molecule has 0 fully saturated rings. The van der Waals surface area contributed by atoms with Gasteiger partial charge >= 0.3 is 0 Å². The number of ketones is 2. The summed E-state index contributed by atoms with van der Waals surface area (Å²) in [6.07, 6.45) is 1.63. The number of allylic oxidation sites excluding steroid dienone is 4. The van der Waals surface area contributed by atoms with E-state index in [1.807, 2.05) is 0 Å². The van der Waals surface area contributed by atoms with Crippen molar-refractivity contribution in [2.24, 2.45) is 0 Å². The Morgan fingerprint density at radius 1 is 0.913 bits per heavy atom. The first-order chi connectivity index (χ1) is 11.1. The van der Waals surface area contributed by atoms with E-state index in [-0.39, 0.29) is 22.3 Å². The second-order valence-electron chi connectivity index (χ2n) is 4.55. The largest absolute Gasteiger partial charge is 0.289 e. The summed E-state index contributed by atoms with van der Waals surface area (Å²) in [5.41, 5.74) is -2.60. The molecular weight excluding hydrogens is 292 g/mol. The van der Waals surface area contributed by atoms with Crippen molar-refractivity contribution in [3.63, 3.8) is 0 Å². The van der Waals surface area contributed by atoms with Crippen LogP contribution in [0.1, 0.15) is 15.9 Å². The first-order valence-corrected chi connectivity index (χ1v) is 6.28. The van der Waals surface area contributed by atoms with Crippen LogP contribution in [-0.4, -0.2) is 11.6 Å². The minimum Gasteiger partial charge on any atom is -0.289 e. The molecule has 0 aromatic heterocycles. The van der Waals surface area contributed by atoms with E-state index in [1.165, 1.54) is 12.1 Å². The van der Waals surface area contributed by atoms with Gasteiger partial charge in [-0.25, -0.2) is 0 Å². The molecule has 0 saturated carbocycles. The van der Waals surface area contributed by atoms with Gasteiger partial charge in [0, 0.05) is 17.7 Å². The van der Waals surface area contributed by atoms with Gasteiger partial charge in [-0.05, 0) is 5.56 Å². The van der Waals surface area contributed by atoms with Gasteiger partial charge in [0.25, 0.3) is 0 Å². The van der Waals surface area contributed by atoms with E-state index in [9.17, 15) is 20.1 Å². The Morgan fingerprint density at radius 3 is 1.91 bits per heavy atom. The molecule has 6 heteroatoms. The molecule has 0 atom stereocenters. The number of nitrogens with zero attached hydrogens (tertiary/aromatic N) is 4. The fourth-order valence-corrected chi connectivity index (χ4v) is 2.68. The fourth-order valence-electron chi connectivity index (χ4n) is 2.68. The lowest BCUT2D eigenvalue weighted by Crippen LogP contribution is -2.37. The van der Waals surface area contributed by atoms with Crippen LogP contribution in [0, 0.1) is 45.3 Å². The molecule has 1 aliphatic rings. The number of benzene rings is 1. The van der Waals surface area contributed by atoms with E-state index in [4.69, 9.17) is 10.5 Å². The van der Waals surface area contributed by atoms with Crippen molar-refractivity contribution in [1.82, 2.24) is 0 Å². The Hall–Kier alpha value is -4.00. The van der Waals surface area contributed by atoms with Gasteiger partial charge < -0.3 is 0 Å². The summed E-state index contributed by atoms with van der Waals surface area (Å²) in [5.74, 6) is -1.89. The third kappa shape index (κ3) is 1.92. The number of carbonyl (C=O) groups is 2. The van der Waals surface area contributed by atoms with Crippen molar-refractivity contribution < 1.29 is 9.59 Å². The minimum atomic E-state index is -2.04. The molecule has 23 heavy (non-hydrogen) atoms. The average Bonchev–Trinajstić information content (AvgIpc) is 2.80. The standard InChI is InChI=1S/C17H6N4O2/c18-7-5-11(9-20)17(12(10-21)6-8-19)14-4-2-1-3-13(14)15(22)16(17)23/h1-6H/b11-5+,12-6+. The normalized spacial score (nSPS) is 20.0. The molecule has 0 N–H and O–H groups in total. The van der Waals surface area contributed by atoms with Crippen LogP contribution < -0.4 is 0 Å². The average molecular weight is 298 g/mol. The second-order valence-corrected chi connectivity index (χ2v) is 4.55. The van der Waals surface area contributed by atoms with Crippen LogP contribution in [0.4, 0.5) is 0 Å². The fraction of sp³-hybridized carbons (Fsp3) is 0.0588. The van der Waals surface area contributed by atoms with Gasteiger partial charge in [-0.15, -0.1) is 0 Å². The van der Waals surface area contributed by atoms with Crippen molar-refractivity contribution in [3.8, 4) is 24.3 Å². The zero-order chi connectivity index (χ0) is 17.0. The highest BCUT2D eigenvalue weighted by molar-refractivity contribution is 6.52. The Balaban J connectivity index is 3.05. The summed E-state index contributed by atoms with van der Waals surface area (Å²) in [6, 6.07) is 12.6. The summed E-state index contributed by atoms with van der Waals surface area (Å²) >= 11 is 0. The highest BCUT2D eigenvalue weighted by Crippen LogP contribution is 2.46. The number of Topliss-reactive ketones (excluding diaryl/α,β-unsaturated/α-hetero) is 2. The summed E-state index contributed by atoms with van der Waals surface area (Å²) in [7, 11) is 0. The lowest BCUT2D eigenvalue weighted by molar-refractivity contribution is -0.117. The van der Waals surface area contributed by atoms with Gasteiger partial charge in [0.2, 0.25) is 11.6 Å². The molecule has 0 amide bonds. The third-order valence-electron chi connectivity index (χ3n) is 3.59. The number of hydrogen-bond acceptors (Lipinski definition) is 6.